The van der Waals surface area contributed by atoms with Gasteiger partial charge in [-0.1, -0.05) is 0 Å². The van der Waals surface area contributed by atoms with Crippen LogP contribution in [-0.4, -0.2) is 22.6 Å². The third-order valence-electron chi connectivity index (χ3n) is 1.85. The smallest absolute Gasteiger partial charge is 0.243 e. The molecule has 0 aliphatic carbocycles. The molecule has 0 unspecified atom stereocenters. The predicted molar refractivity (Wildman–Crippen MR) is 54.0 cm³/mol. The summed E-state index contributed by atoms with van der Waals surface area (Å²) in [6.45, 7) is 0. The first-order valence-corrected chi connectivity index (χ1v) is 5.55. The second kappa shape index (κ2) is 4.29. The summed E-state index contributed by atoms with van der Waals surface area (Å²) in [5.74, 6) is 0.156. The van der Waals surface area contributed by atoms with Crippen molar-refractivity contribution in [1.29, 1.82) is 5.26 Å². The first-order valence-electron chi connectivity index (χ1n) is 4.07. The average molecular weight is 226 g/mol. The fourth-order valence-corrected chi connectivity index (χ4v) is 1.94. The number of nitrogens with zero attached hydrogens (tertiary/aromatic N) is 1. The van der Waals surface area contributed by atoms with Gasteiger partial charge in [-0.3, -0.25) is 0 Å². The number of rotatable bonds is 3. The normalized spacial score (nSPS) is 10.7. The topological polar surface area (TPSA) is 79.2 Å². The zero-order valence-electron chi connectivity index (χ0n) is 8.31. The fourth-order valence-electron chi connectivity index (χ4n) is 1.07. The first kappa shape index (κ1) is 11.5. The van der Waals surface area contributed by atoms with Gasteiger partial charge in [0.1, 0.15) is 10.6 Å². The monoisotopic (exact) mass is 226 g/mol. The highest BCUT2D eigenvalue weighted by molar-refractivity contribution is 7.89. The summed E-state index contributed by atoms with van der Waals surface area (Å²) in [5.41, 5.74) is 0.349. The van der Waals surface area contributed by atoms with E-state index in [-0.39, 0.29) is 10.6 Å². The van der Waals surface area contributed by atoms with Gasteiger partial charge in [0.25, 0.3) is 0 Å². The molecule has 1 aromatic rings. The number of benzene rings is 1. The number of hydrogen-bond donors (Lipinski definition) is 1. The molecule has 0 spiro atoms. The van der Waals surface area contributed by atoms with Gasteiger partial charge in [-0.15, -0.1) is 0 Å². The third-order valence-corrected chi connectivity index (χ3v) is 3.30. The third kappa shape index (κ3) is 2.26. The Labute approximate surface area is 88.3 Å². The van der Waals surface area contributed by atoms with Crippen molar-refractivity contribution in [3.8, 4) is 11.8 Å². The molecule has 0 aliphatic heterocycles. The van der Waals surface area contributed by atoms with Crippen molar-refractivity contribution in [3.63, 3.8) is 0 Å². The number of nitrogens with one attached hydrogen (secondary N) is 1. The van der Waals surface area contributed by atoms with Gasteiger partial charge in [0.15, 0.2) is 0 Å². The zero-order valence-corrected chi connectivity index (χ0v) is 9.13. The number of hydrogen-bond acceptors (Lipinski definition) is 4. The van der Waals surface area contributed by atoms with Crippen LogP contribution < -0.4 is 9.46 Å². The molecule has 15 heavy (non-hydrogen) atoms. The van der Waals surface area contributed by atoms with Crippen LogP contribution in [0.15, 0.2) is 23.1 Å². The minimum atomic E-state index is -3.55. The molecule has 0 saturated carbocycles. The van der Waals surface area contributed by atoms with E-state index in [9.17, 15) is 8.42 Å². The van der Waals surface area contributed by atoms with Crippen molar-refractivity contribution < 1.29 is 13.2 Å². The molecule has 0 aromatic heterocycles. The Hall–Kier alpha value is -1.58. The van der Waals surface area contributed by atoms with E-state index in [2.05, 4.69) is 4.72 Å². The summed E-state index contributed by atoms with van der Waals surface area (Å²) in [6, 6.07) is 6.04. The van der Waals surface area contributed by atoms with Crippen molar-refractivity contribution >= 4 is 10.0 Å². The summed E-state index contributed by atoms with van der Waals surface area (Å²) in [4.78, 5) is 0.0199. The minimum Gasteiger partial charge on any atom is -0.495 e. The maximum absolute atomic E-state index is 11.5. The van der Waals surface area contributed by atoms with Crippen LogP contribution in [0.3, 0.4) is 0 Å². The molecule has 5 nitrogen and oxygen atoms in total. The standard InChI is InChI=1S/C9H10N2O3S/c1-11-15(12,13)9-4-3-7(6-10)5-8(9)14-2/h3-5,11H,1-2H3. The van der Waals surface area contributed by atoms with E-state index in [4.69, 9.17) is 10.00 Å². The lowest BCUT2D eigenvalue weighted by atomic mass is 10.2. The van der Waals surface area contributed by atoms with Crippen molar-refractivity contribution in [1.82, 2.24) is 4.72 Å². The molecule has 0 saturated heterocycles. The Morgan fingerprint density at radius 3 is 2.60 bits per heavy atom. The molecule has 0 amide bonds. The molecule has 6 heteroatoms. The second-order valence-electron chi connectivity index (χ2n) is 2.69. The molecule has 0 heterocycles. The van der Waals surface area contributed by atoms with Crippen LogP contribution in [0.2, 0.25) is 0 Å². The highest BCUT2D eigenvalue weighted by Crippen LogP contribution is 2.24. The molecule has 0 aliphatic rings. The van der Waals surface area contributed by atoms with Crippen LogP contribution in [0, 0.1) is 11.3 Å². The Morgan fingerprint density at radius 1 is 1.47 bits per heavy atom. The number of nitriles is 1. The molecule has 80 valence electrons. The Bertz CT molecular complexity index is 503. The molecule has 0 fully saturated rings. The lowest BCUT2D eigenvalue weighted by molar-refractivity contribution is 0.402. The van der Waals surface area contributed by atoms with Crippen molar-refractivity contribution in [2.24, 2.45) is 0 Å². The number of ether oxygens (including phenoxy) is 1. The lowest BCUT2D eigenvalue weighted by Crippen LogP contribution is -2.19. The van der Waals surface area contributed by atoms with Crippen molar-refractivity contribution in [2.45, 2.75) is 4.90 Å². The van der Waals surface area contributed by atoms with Gasteiger partial charge in [-0.25, -0.2) is 13.1 Å². The predicted octanol–water partition coefficient (Wildman–Crippen LogP) is 0.475. The van der Waals surface area contributed by atoms with E-state index >= 15 is 0 Å². The largest absolute Gasteiger partial charge is 0.495 e. The van der Waals surface area contributed by atoms with E-state index in [0.717, 1.165) is 0 Å². The van der Waals surface area contributed by atoms with Gasteiger partial charge < -0.3 is 4.74 Å². The van der Waals surface area contributed by atoms with Crippen LogP contribution in [0.25, 0.3) is 0 Å². The Balaban J connectivity index is 3.40. The van der Waals surface area contributed by atoms with Crippen LogP contribution in [0.1, 0.15) is 5.56 Å². The van der Waals surface area contributed by atoms with Gasteiger partial charge in [0.05, 0.1) is 18.7 Å². The highest BCUT2D eigenvalue weighted by atomic mass is 32.2. The van der Waals surface area contributed by atoms with E-state index in [1.54, 1.807) is 0 Å². The molecule has 1 N–H and O–H groups in total. The van der Waals surface area contributed by atoms with E-state index in [0.29, 0.717) is 5.56 Å². The zero-order chi connectivity index (χ0) is 11.5. The van der Waals surface area contributed by atoms with Crippen molar-refractivity contribution in [2.75, 3.05) is 14.2 Å². The van der Waals surface area contributed by atoms with E-state index in [1.807, 2.05) is 6.07 Å². The van der Waals surface area contributed by atoms with Gasteiger partial charge >= 0.3 is 0 Å². The molecular formula is C9H10N2O3S. The van der Waals surface area contributed by atoms with Crippen LogP contribution >= 0.6 is 0 Å². The average Bonchev–Trinajstić information content (AvgIpc) is 2.28. The summed E-state index contributed by atoms with van der Waals surface area (Å²) < 4.78 is 30.1. The molecule has 1 rings (SSSR count). The first-order chi connectivity index (χ1) is 7.05. The van der Waals surface area contributed by atoms with Gasteiger partial charge in [0.2, 0.25) is 10.0 Å². The molecular weight excluding hydrogens is 216 g/mol. The fraction of sp³-hybridized carbons (Fsp3) is 0.222. The Kier molecular flexibility index (Phi) is 3.29. The highest BCUT2D eigenvalue weighted by Gasteiger charge is 2.17. The maximum Gasteiger partial charge on any atom is 0.243 e. The van der Waals surface area contributed by atoms with E-state index < -0.39 is 10.0 Å². The van der Waals surface area contributed by atoms with Gasteiger partial charge in [-0.05, 0) is 25.2 Å². The molecule has 0 atom stereocenters. The summed E-state index contributed by atoms with van der Waals surface area (Å²) >= 11 is 0. The molecule has 0 radical (unpaired) electrons. The van der Waals surface area contributed by atoms with Crippen LogP contribution in [0.4, 0.5) is 0 Å². The van der Waals surface area contributed by atoms with Crippen LogP contribution in [-0.2, 0) is 10.0 Å². The summed E-state index contributed by atoms with van der Waals surface area (Å²) in [5, 5.41) is 8.64. The van der Waals surface area contributed by atoms with Crippen LogP contribution in [0.5, 0.6) is 5.75 Å². The van der Waals surface area contributed by atoms with Gasteiger partial charge in [0, 0.05) is 0 Å². The molecule has 1 aromatic carbocycles. The SMILES string of the molecule is CNS(=O)(=O)c1ccc(C#N)cc1OC. The number of sulfonamides is 1. The molecule has 0 bridgehead atoms. The maximum atomic E-state index is 11.5. The second-order valence-corrected chi connectivity index (χ2v) is 4.54. The lowest BCUT2D eigenvalue weighted by Gasteiger charge is -2.08. The number of methoxy groups -OCH3 is 1. The quantitative estimate of drug-likeness (QED) is 0.812. The van der Waals surface area contributed by atoms with Crippen molar-refractivity contribution in [3.05, 3.63) is 23.8 Å². The summed E-state index contributed by atoms with van der Waals surface area (Å²) in [6.07, 6.45) is 0. The van der Waals surface area contributed by atoms with Gasteiger partial charge in [-0.2, -0.15) is 5.26 Å². The minimum absolute atomic E-state index is 0.0199. The van der Waals surface area contributed by atoms with E-state index in [1.165, 1.54) is 32.4 Å². The summed E-state index contributed by atoms with van der Waals surface area (Å²) in [7, 11) is -0.886. The Morgan fingerprint density at radius 2 is 2.13 bits per heavy atom.